The van der Waals surface area contributed by atoms with Gasteiger partial charge in [-0.15, -0.1) is 0 Å². The normalized spacial score (nSPS) is 11.8. The largest absolute Gasteiger partial charge is 0.742 e. The lowest BCUT2D eigenvalue weighted by Crippen LogP contribution is -2.17. The molecular formula is C12H7Cl2N2O5S-. The van der Waals surface area contributed by atoms with Gasteiger partial charge in [-0.3, -0.25) is 4.79 Å². The van der Waals surface area contributed by atoms with Crippen molar-refractivity contribution >= 4 is 45.4 Å². The second-order valence-electron chi connectivity index (χ2n) is 3.93. The number of hydrogen-bond donors (Lipinski definition) is 1. The van der Waals surface area contributed by atoms with Gasteiger partial charge in [0.1, 0.15) is 5.76 Å². The van der Waals surface area contributed by atoms with Crippen molar-refractivity contribution in [3.8, 4) is 0 Å². The Morgan fingerprint density at radius 2 is 2.00 bits per heavy atom. The third-order valence-corrected chi connectivity index (χ3v) is 3.64. The Bertz CT molecular complexity index is 845. The molecule has 0 aliphatic carbocycles. The van der Waals surface area contributed by atoms with Gasteiger partial charge in [0.05, 0.1) is 16.8 Å². The zero-order valence-corrected chi connectivity index (χ0v) is 12.9. The van der Waals surface area contributed by atoms with Crippen molar-refractivity contribution in [3.63, 3.8) is 0 Å². The summed E-state index contributed by atoms with van der Waals surface area (Å²) >= 11 is 11.6. The first kappa shape index (κ1) is 16.5. The molecule has 2 rings (SSSR count). The lowest BCUT2D eigenvalue weighted by atomic mass is 10.2. The number of benzene rings is 1. The van der Waals surface area contributed by atoms with Crippen molar-refractivity contribution in [3.05, 3.63) is 51.7 Å². The molecular weight excluding hydrogens is 355 g/mol. The monoisotopic (exact) mass is 361 g/mol. The Morgan fingerprint density at radius 3 is 2.59 bits per heavy atom. The summed E-state index contributed by atoms with van der Waals surface area (Å²) in [4.78, 5) is 11.8. The van der Waals surface area contributed by atoms with Gasteiger partial charge in [-0.2, -0.15) is 5.10 Å². The maximum atomic E-state index is 11.8. The van der Waals surface area contributed by atoms with Crippen LogP contribution in [0.5, 0.6) is 0 Å². The first-order valence-corrected chi connectivity index (χ1v) is 7.78. The Balaban J connectivity index is 2.06. The average molecular weight is 362 g/mol. The van der Waals surface area contributed by atoms with Crippen molar-refractivity contribution in [1.29, 1.82) is 0 Å². The van der Waals surface area contributed by atoms with Gasteiger partial charge in [0.2, 0.25) is 5.09 Å². The molecule has 0 bridgehead atoms. The Morgan fingerprint density at radius 1 is 1.27 bits per heavy atom. The number of amides is 1. The number of furan rings is 1. The predicted molar refractivity (Wildman–Crippen MR) is 78.2 cm³/mol. The molecule has 0 radical (unpaired) electrons. The number of hydrazone groups is 1. The number of rotatable bonds is 4. The van der Waals surface area contributed by atoms with Crippen LogP contribution < -0.4 is 5.43 Å². The smallest absolute Gasteiger partial charge is 0.272 e. The van der Waals surface area contributed by atoms with E-state index in [1.807, 2.05) is 0 Å². The molecule has 0 fully saturated rings. The summed E-state index contributed by atoms with van der Waals surface area (Å²) in [6.07, 6.45) is 1.04. The average Bonchev–Trinajstić information content (AvgIpc) is 2.87. The van der Waals surface area contributed by atoms with E-state index in [1.165, 1.54) is 24.3 Å². The summed E-state index contributed by atoms with van der Waals surface area (Å²) < 4.78 is 36.8. The first-order valence-electron chi connectivity index (χ1n) is 5.61. The van der Waals surface area contributed by atoms with Gasteiger partial charge in [-0.05, 0) is 30.3 Å². The number of carbonyl (C=O) groups excluding carboxylic acids is 1. The van der Waals surface area contributed by atoms with E-state index < -0.39 is 21.1 Å². The summed E-state index contributed by atoms with van der Waals surface area (Å²) in [5.41, 5.74) is 2.33. The molecule has 1 N–H and O–H groups in total. The zero-order chi connectivity index (χ0) is 16.3. The molecule has 1 heterocycles. The number of nitrogens with zero attached hydrogens (tertiary/aromatic N) is 1. The fourth-order valence-electron chi connectivity index (χ4n) is 1.43. The highest BCUT2D eigenvalue weighted by Crippen LogP contribution is 2.20. The number of nitrogens with one attached hydrogen (secondary N) is 1. The minimum absolute atomic E-state index is 0.0167. The molecule has 10 heteroatoms. The standard InChI is InChI=1S/C12H8Cl2N2O5S/c13-7-1-3-9(10(14)5-7)12(17)16-15-6-8-2-4-11(21-8)22(18,19)20/h1-6H,(H,16,17)(H,18,19,20)/p-1/b15-6+. The molecule has 7 nitrogen and oxygen atoms in total. The third kappa shape index (κ3) is 4.08. The molecule has 0 saturated carbocycles. The minimum Gasteiger partial charge on any atom is -0.742 e. The van der Waals surface area contributed by atoms with Gasteiger partial charge in [0.25, 0.3) is 5.91 Å². The quantitative estimate of drug-likeness (QED) is 0.509. The third-order valence-electron chi connectivity index (χ3n) is 2.38. The van der Waals surface area contributed by atoms with Crippen molar-refractivity contribution in [2.24, 2.45) is 5.10 Å². The van der Waals surface area contributed by atoms with Crippen LogP contribution in [-0.2, 0) is 10.1 Å². The summed E-state index contributed by atoms with van der Waals surface area (Å²) in [6, 6.07) is 6.52. The predicted octanol–water partition coefficient (Wildman–Crippen LogP) is 2.25. The summed E-state index contributed by atoms with van der Waals surface area (Å²) in [7, 11) is -4.67. The van der Waals surface area contributed by atoms with Crippen molar-refractivity contribution in [1.82, 2.24) is 5.43 Å². The van der Waals surface area contributed by atoms with Gasteiger partial charge in [0, 0.05) is 5.02 Å². The Labute approximate surface area is 135 Å². The van der Waals surface area contributed by atoms with Gasteiger partial charge >= 0.3 is 0 Å². The zero-order valence-electron chi connectivity index (χ0n) is 10.6. The molecule has 0 saturated heterocycles. The van der Waals surface area contributed by atoms with Gasteiger partial charge in [-0.1, -0.05) is 23.2 Å². The van der Waals surface area contributed by atoms with Crippen LogP contribution >= 0.6 is 23.2 Å². The lowest BCUT2D eigenvalue weighted by molar-refractivity contribution is 0.0955. The highest BCUT2D eigenvalue weighted by Gasteiger charge is 2.10. The summed E-state index contributed by atoms with van der Waals surface area (Å²) in [6.45, 7) is 0. The van der Waals surface area contributed by atoms with Crippen molar-refractivity contribution in [2.45, 2.75) is 5.09 Å². The van der Waals surface area contributed by atoms with E-state index in [9.17, 15) is 17.8 Å². The molecule has 0 aliphatic rings. The molecule has 0 spiro atoms. The van der Waals surface area contributed by atoms with Crippen LogP contribution in [0.1, 0.15) is 16.1 Å². The van der Waals surface area contributed by atoms with Crippen molar-refractivity contribution < 1.29 is 22.2 Å². The maximum Gasteiger partial charge on any atom is 0.272 e. The lowest BCUT2D eigenvalue weighted by Gasteiger charge is -2.02. The molecule has 0 unspecified atom stereocenters. The highest BCUT2D eigenvalue weighted by atomic mass is 35.5. The fourth-order valence-corrected chi connectivity index (χ4v) is 2.35. The van der Waals surface area contributed by atoms with Gasteiger partial charge < -0.3 is 8.97 Å². The van der Waals surface area contributed by atoms with E-state index in [-0.39, 0.29) is 16.3 Å². The van der Waals surface area contributed by atoms with Crippen LogP contribution in [0.4, 0.5) is 0 Å². The molecule has 22 heavy (non-hydrogen) atoms. The second-order valence-corrected chi connectivity index (χ2v) is 6.09. The summed E-state index contributed by atoms with van der Waals surface area (Å²) in [5.74, 6) is -0.613. The van der Waals surface area contributed by atoms with E-state index in [4.69, 9.17) is 27.6 Å². The molecule has 1 aromatic carbocycles. The molecule has 1 amide bonds. The topological polar surface area (TPSA) is 112 Å². The first-order chi connectivity index (χ1) is 10.3. The van der Waals surface area contributed by atoms with Crippen LogP contribution in [0, 0.1) is 0 Å². The number of hydrogen-bond acceptors (Lipinski definition) is 6. The minimum atomic E-state index is -4.67. The van der Waals surface area contributed by atoms with E-state index in [0.717, 1.165) is 12.3 Å². The van der Waals surface area contributed by atoms with Crippen molar-refractivity contribution in [2.75, 3.05) is 0 Å². The van der Waals surface area contributed by atoms with Crippen LogP contribution in [0.15, 0.2) is 44.9 Å². The van der Waals surface area contributed by atoms with Gasteiger partial charge in [0.15, 0.2) is 10.1 Å². The van der Waals surface area contributed by atoms with E-state index in [2.05, 4.69) is 10.5 Å². The SMILES string of the molecule is O=C(N/N=C/c1ccc(S(=O)(=O)[O-])o1)c1ccc(Cl)cc1Cl. The Hall–Kier alpha value is -1.87. The molecule has 1 aromatic heterocycles. The van der Waals surface area contributed by atoms with Crippen LogP contribution in [0.25, 0.3) is 0 Å². The maximum absolute atomic E-state index is 11.8. The van der Waals surface area contributed by atoms with E-state index in [0.29, 0.717) is 5.02 Å². The van der Waals surface area contributed by atoms with Crippen LogP contribution in [0.3, 0.4) is 0 Å². The van der Waals surface area contributed by atoms with Gasteiger partial charge in [-0.25, -0.2) is 13.8 Å². The molecule has 0 atom stereocenters. The second kappa shape index (κ2) is 6.49. The van der Waals surface area contributed by atoms with E-state index >= 15 is 0 Å². The fraction of sp³-hybridized carbons (Fsp3) is 0. The molecule has 116 valence electrons. The highest BCUT2D eigenvalue weighted by molar-refractivity contribution is 7.85. The number of carbonyl (C=O) groups is 1. The van der Waals surface area contributed by atoms with Crippen LogP contribution in [-0.4, -0.2) is 25.1 Å². The van der Waals surface area contributed by atoms with Crippen LogP contribution in [0.2, 0.25) is 10.0 Å². The summed E-state index contributed by atoms with van der Waals surface area (Å²) in [5, 5.41) is 3.37. The van der Waals surface area contributed by atoms with E-state index in [1.54, 1.807) is 0 Å². The molecule has 2 aromatic rings. The number of halogens is 2. The Kier molecular flexibility index (Phi) is 4.87. The molecule has 0 aliphatic heterocycles.